The predicted octanol–water partition coefficient (Wildman–Crippen LogP) is 3.38. The van der Waals surface area contributed by atoms with Gasteiger partial charge in [0.15, 0.2) is 0 Å². The Hall–Kier alpha value is -1.63. The van der Waals surface area contributed by atoms with Gasteiger partial charge in [0.1, 0.15) is 5.01 Å². The molecule has 1 saturated heterocycles. The number of amides is 2. The first kappa shape index (κ1) is 18.2. The Morgan fingerprint density at radius 3 is 2.48 bits per heavy atom. The number of nitrogens with two attached hydrogens (primary N) is 1. The molecule has 0 bridgehead atoms. The van der Waals surface area contributed by atoms with Gasteiger partial charge >= 0.3 is 0 Å². The fourth-order valence-electron chi connectivity index (χ4n) is 2.88. The van der Waals surface area contributed by atoms with E-state index in [2.05, 4.69) is 4.98 Å². The molecule has 1 aliphatic heterocycles. The van der Waals surface area contributed by atoms with Crippen molar-refractivity contribution in [2.75, 3.05) is 13.1 Å². The van der Waals surface area contributed by atoms with Crippen LogP contribution in [0.3, 0.4) is 0 Å². The summed E-state index contributed by atoms with van der Waals surface area (Å²) in [5.41, 5.74) is 6.02. The molecule has 0 aliphatic carbocycles. The zero-order valence-corrected chi connectivity index (χ0v) is 15.7. The third-order valence-electron chi connectivity index (χ3n) is 4.31. The van der Waals surface area contributed by atoms with Crippen LogP contribution in [0.15, 0.2) is 24.4 Å². The van der Waals surface area contributed by atoms with Crippen LogP contribution in [0.2, 0.25) is 10.0 Å². The molecule has 0 atom stereocenters. The van der Waals surface area contributed by atoms with Gasteiger partial charge in [0.25, 0.3) is 0 Å². The minimum Gasteiger partial charge on any atom is -0.369 e. The van der Waals surface area contributed by atoms with Gasteiger partial charge in [-0.2, -0.15) is 0 Å². The molecule has 0 unspecified atom stereocenters. The van der Waals surface area contributed by atoms with Crippen molar-refractivity contribution in [1.29, 1.82) is 0 Å². The van der Waals surface area contributed by atoms with Crippen LogP contribution in [0, 0.1) is 5.92 Å². The number of hydrogen-bond acceptors (Lipinski definition) is 4. The van der Waals surface area contributed by atoms with Crippen molar-refractivity contribution in [1.82, 2.24) is 9.88 Å². The number of aromatic nitrogens is 1. The predicted molar refractivity (Wildman–Crippen MR) is 99.8 cm³/mol. The largest absolute Gasteiger partial charge is 0.369 e. The maximum absolute atomic E-state index is 12.5. The number of benzene rings is 1. The Morgan fingerprint density at radius 2 is 1.88 bits per heavy atom. The van der Waals surface area contributed by atoms with Gasteiger partial charge in [-0.1, -0.05) is 29.3 Å². The normalized spacial score (nSPS) is 15.4. The van der Waals surface area contributed by atoms with E-state index >= 15 is 0 Å². The molecule has 132 valence electrons. The van der Waals surface area contributed by atoms with Crippen molar-refractivity contribution in [3.8, 4) is 10.6 Å². The number of likely N-dealkylation sites (tertiary alicyclic amines) is 1. The zero-order chi connectivity index (χ0) is 18.0. The molecule has 5 nitrogen and oxygen atoms in total. The number of piperidine rings is 1. The van der Waals surface area contributed by atoms with Crippen LogP contribution in [-0.4, -0.2) is 34.8 Å². The van der Waals surface area contributed by atoms with Crippen molar-refractivity contribution >= 4 is 46.4 Å². The average Bonchev–Trinajstić information content (AvgIpc) is 3.02. The summed E-state index contributed by atoms with van der Waals surface area (Å²) in [4.78, 5) is 30.7. The van der Waals surface area contributed by atoms with Crippen molar-refractivity contribution in [3.05, 3.63) is 39.3 Å². The number of hydrogen-bond donors (Lipinski definition) is 1. The monoisotopic (exact) mass is 397 g/mol. The third kappa shape index (κ3) is 4.14. The summed E-state index contributed by atoms with van der Waals surface area (Å²) in [5.74, 6) is -0.374. The van der Waals surface area contributed by atoms with E-state index in [-0.39, 0.29) is 24.2 Å². The van der Waals surface area contributed by atoms with Crippen molar-refractivity contribution in [2.24, 2.45) is 11.7 Å². The van der Waals surface area contributed by atoms with Crippen LogP contribution in [0.5, 0.6) is 0 Å². The molecule has 2 amide bonds. The molecule has 25 heavy (non-hydrogen) atoms. The molecule has 1 aromatic carbocycles. The van der Waals surface area contributed by atoms with E-state index in [0.717, 1.165) is 4.88 Å². The minimum atomic E-state index is -0.282. The first-order chi connectivity index (χ1) is 12.0. The smallest absolute Gasteiger partial charge is 0.227 e. The van der Waals surface area contributed by atoms with Crippen LogP contribution < -0.4 is 5.73 Å². The maximum atomic E-state index is 12.5. The lowest BCUT2D eigenvalue weighted by Crippen LogP contribution is -2.42. The summed E-state index contributed by atoms with van der Waals surface area (Å²) in [6.45, 7) is 1.13. The first-order valence-corrected chi connectivity index (χ1v) is 9.49. The lowest BCUT2D eigenvalue weighted by atomic mass is 9.96. The Kier molecular flexibility index (Phi) is 5.61. The van der Waals surface area contributed by atoms with Gasteiger partial charge in [0.2, 0.25) is 11.8 Å². The van der Waals surface area contributed by atoms with E-state index in [0.29, 0.717) is 46.5 Å². The van der Waals surface area contributed by atoms with Gasteiger partial charge in [0, 0.05) is 35.6 Å². The van der Waals surface area contributed by atoms with Crippen LogP contribution in [0.4, 0.5) is 0 Å². The molecular formula is C17H17Cl2N3O2S. The fourth-order valence-corrected chi connectivity index (χ4v) is 4.55. The molecule has 8 heteroatoms. The second-order valence-corrected chi connectivity index (χ2v) is 7.89. The van der Waals surface area contributed by atoms with E-state index in [1.165, 1.54) is 11.3 Å². The van der Waals surface area contributed by atoms with Crippen molar-refractivity contribution in [3.63, 3.8) is 0 Å². The standard InChI is InChI=1S/C17H17Cl2N3O2S/c18-12-2-1-3-13(19)15(12)17-21-9-11(25-17)8-14(23)22-6-4-10(5-7-22)16(20)24/h1-3,9-10H,4-8H2,(H2,20,24). The summed E-state index contributed by atoms with van der Waals surface area (Å²) in [6, 6.07) is 5.30. The lowest BCUT2D eigenvalue weighted by Gasteiger charge is -2.30. The molecule has 0 radical (unpaired) electrons. The number of rotatable bonds is 4. The number of carbonyl (C=O) groups is 2. The second kappa shape index (κ2) is 7.72. The van der Waals surface area contributed by atoms with Gasteiger partial charge in [0.05, 0.1) is 16.5 Å². The molecule has 3 rings (SSSR count). The first-order valence-electron chi connectivity index (χ1n) is 7.92. The number of halogens is 2. The minimum absolute atomic E-state index is 0.0309. The number of carbonyl (C=O) groups excluding carboxylic acids is 2. The van der Waals surface area contributed by atoms with Crippen molar-refractivity contribution in [2.45, 2.75) is 19.3 Å². The summed E-state index contributed by atoms with van der Waals surface area (Å²) < 4.78 is 0. The van der Waals surface area contributed by atoms with Crippen LogP contribution in [0.25, 0.3) is 10.6 Å². The third-order valence-corrected chi connectivity index (χ3v) is 5.95. The van der Waals surface area contributed by atoms with E-state index < -0.39 is 0 Å². The van der Waals surface area contributed by atoms with Crippen LogP contribution >= 0.6 is 34.5 Å². The topological polar surface area (TPSA) is 76.3 Å². The highest BCUT2D eigenvalue weighted by atomic mass is 35.5. The fraction of sp³-hybridized carbons (Fsp3) is 0.353. The number of thiazole rings is 1. The molecule has 0 spiro atoms. The summed E-state index contributed by atoms with van der Waals surface area (Å²) in [5, 5.41) is 1.77. The average molecular weight is 398 g/mol. The molecule has 1 aliphatic rings. The molecule has 2 N–H and O–H groups in total. The number of nitrogens with zero attached hydrogens (tertiary/aromatic N) is 2. The van der Waals surface area contributed by atoms with Gasteiger partial charge in [-0.15, -0.1) is 11.3 Å². The summed E-state index contributed by atoms with van der Waals surface area (Å²) >= 11 is 13.8. The molecule has 1 fully saturated rings. The van der Waals surface area contributed by atoms with Crippen LogP contribution in [0.1, 0.15) is 17.7 Å². The van der Waals surface area contributed by atoms with E-state index in [4.69, 9.17) is 28.9 Å². The molecule has 1 aromatic heterocycles. The molecule has 0 saturated carbocycles. The Labute approximate surface area is 159 Å². The molecular weight excluding hydrogens is 381 g/mol. The lowest BCUT2D eigenvalue weighted by molar-refractivity contribution is -0.134. The second-order valence-electron chi connectivity index (χ2n) is 5.96. The van der Waals surface area contributed by atoms with E-state index in [1.807, 2.05) is 0 Å². The van der Waals surface area contributed by atoms with Gasteiger partial charge in [-0.25, -0.2) is 4.98 Å². The Bertz CT molecular complexity index is 781. The highest BCUT2D eigenvalue weighted by molar-refractivity contribution is 7.15. The Morgan fingerprint density at radius 1 is 1.24 bits per heavy atom. The van der Waals surface area contributed by atoms with Gasteiger partial charge < -0.3 is 10.6 Å². The van der Waals surface area contributed by atoms with Gasteiger partial charge in [-0.05, 0) is 25.0 Å². The molecule has 2 aromatic rings. The SMILES string of the molecule is NC(=O)C1CCN(C(=O)Cc2cnc(-c3c(Cl)cccc3Cl)s2)CC1. The summed E-state index contributed by atoms with van der Waals surface area (Å²) in [6.07, 6.45) is 3.23. The van der Waals surface area contributed by atoms with E-state index in [1.54, 1.807) is 29.3 Å². The highest BCUT2D eigenvalue weighted by Gasteiger charge is 2.26. The quantitative estimate of drug-likeness (QED) is 0.858. The highest BCUT2D eigenvalue weighted by Crippen LogP contribution is 2.37. The van der Waals surface area contributed by atoms with Crippen LogP contribution in [-0.2, 0) is 16.0 Å². The zero-order valence-electron chi connectivity index (χ0n) is 13.4. The summed E-state index contributed by atoms with van der Waals surface area (Å²) in [7, 11) is 0. The number of primary amides is 1. The Balaban J connectivity index is 1.66. The van der Waals surface area contributed by atoms with E-state index in [9.17, 15) is 9.59 Å². The van der Waals surface area contributed by atoms with Crippen molar-refractivity contribution < 1.29 is 9.59 Å². The van der Waals surface area contributed by atoms with Gasteiger partial charge in [-0.3, -0.25) is 9.59 Å². The maximum Gasteiger partial charge on any atom is 0.227 e. The molecule has 2 heterocycles.